The molecule has 1 N–H and O–H groups in total. The molecule has 0 aliphatic carbocycles. The summed E-state index contributed by atoms with van der Waals surface area (Å²) in [6.45, 7) is 1.33. The number of anilines is 1. The van der Waals surface area contributed by atoms with E-state index in [0.29, 0.717) is 35.4 Å². The normalized spacial score (nSPS) is 17.1. The van der Waals surface area contributed by atoms with Gasteiger partial charge in [-0.3, -0.25) is 9.69 Å². The number of likely N-dealkylation sites (N-methyl/N-ethyl adjacent to an activating group) is 1. The van der Waals surface area contributed by atoms with Crippen LogP contribution in [0.4, 0.5) is 5.69 Å². The zero-order valence-electron chi connectivity index (χ0n) is 14.7. The second-order valence-corrected chi connectivity index (χ2v) is 6.84. The first-order valence-corrected chi connectivity index (χ1v) is 8.92. The predicted octanol–water partition coefficient (Wildman–Crippen LogP) is 2.78. The highest BCUT2D eigenvalue weighted by molar-refractivity contribution is 6.34. The van der Waals surface area contributed by atoms with Crippen LogP contribution in [0, 0.1) is 0 Å². The van der Waals surface area contributed by atoms with Crippen LogP contribution in [0.15, 0.2) is 36.4 Å². The van der Waals surface area contributed by atoms with Gasteiger partial charge in [0.15, 0.2) is 23.0 Å². The largest absolute Gasteiger partial charge is 0.486 e. The SMILES string of the molecule is CN(CC(=O)Nc1cc2c(cc1Cl)OCO2)CC1COc2ccccc2O1. The van der Waals surface area contributed by atoms with E-state index in [1.54, 1.807) is 12.1 Å². The fourth-order valence-corrected chi connectivity index (χ4v) is 3.21. The minimum atomic E-state index is -0.185. The molecule has 142 valence electrons. The van der Waals surface area contributed by atoms with Crippen molar-refractivity contribution in [3.8, 4) is 23.0 Å². The van der Waals surface area contributed by atoms with Crippen LogP contribution in [0.3, 0.4) is 0 Å². The molecule has 2 aromatic carbocycles. The van der Waals surface area contributed by atoms with Gasteiger partial charge < -0.3 is 24.3 Å². The maximum absolute atomic E-state index is 12.4. The Morgan fingerprint density at radius 2 is 1.89 bits per heavy atom. The molecule has 1 amide bonds. The van der Waals surface area contributed by atoms with E-state index in [0.717, 1.165) is 11.5 Å². The molecule has 2 heterocycles. The Hall–Kier alpha value is -2.64. The summed E-state index contributed by atoms with van der Waals surface area (Å²) in [5, 5.41) is 3.20. The highest BCUT2D eigenvalue weighted by Gasteiger charge is 2.23. The summed E-state index contributed by atoms with van der Waals surface area (Å²) in [5.74, 6) is 2.42. The topological polar surface area (TPSA) is 69.3 Å². The number of halogens is 1. The molecule has 7 nitrogen and oxygen atoms in total. The average Bonchev–Trinajstić information content (AvgIpc) is 3.08. The molecule has 0 saturated heterocycles. The second-order valence-electron chi connectivity index (χ2n) is 6.43. The minimum Gasteiger partial charge on any atom is -0.486 e. The molecule has 2 aromatic rings. The molecular weight excluding hydrogens is 372 g/mol. The third-order valence-corrected chi connectivity index (χ3v) is 4.55. The molecule has 0 spiro atoms. The first-order chi connectivity index (χ1) is 13.1. The van der Waals surface area contributed by atoms with Gasteiger partial charge >= 0.3 is 0 Å². The molecule has 4 rings (SSSR count). The van der Waals surface area contributed by atoms with E-state index in [-0.39, 0.29) is 25.3 Å². The highest BCUT2D eigenvalue weighted by Crippen LogP contribution is 2.39. The van der Waals surface area contributed by atoms with Crippen molar-refractivity contribution in [2.24, 2.45) is 0 Å². The van der Waals surface area contributed by atoms with E-state index in [1.165, 1.54) is 0 Å². The summed E-state index contributed by atoms with van der Waals surface area (Å²) in [5.41, 5.74) is 0.491. The molecular formula is C19H19ClN2O5. The van der Waals surface area contributed by atoms with Crippen LogP contribution in [0.2, 0.25) is 5.02 Å². The number of hydrogen-bond donors (Lipinski definition) is 1. The number of nitrogens with zero attached hydrogens (tertiary/aromatic N) is 1. The molecule has 0 bridgehead atoms. The zero-order valence-corrected chi connectivity index (χ0v) is 15.5. The molecule has 0 fully saturated rings. The number of nitrogens with one attached hydrogen (secondary N) is 1. The number of amides is 1. The lowest BCUT2D eigenvalue weighted by atomic mass is 10.2. The average molecular weight is 391 g/mol. The van der Waals surface area contributed by atoms with Gasteiger partial charge in [0.2, 0.25) is 12.7 Å². The van der Waals surface area contributed by atoms with E-state index in [2.05, 4.69) is 5.32 Å². The number of rotatable bonds is 5. The van der Waals surface area contributed by atoms with E-state index in [1.807, 2.05) is 36.2 Å². The van der Waals surface area contributed by atoms with Crippen molar-refractivity contribution in [2.75, 3.05) is 38.9 Å². The van der Waals surface area contributed by atoms with Gasteiger partial charge in [-0.2, -0.15) is 0 Å². The Morgan fingerprint density at radius 1 is 1.15 bits per heavy atom. The Labute approximate surface area is 161 Å². The number of fused-ring (bicyclic) bond motifs is 2. The van der Waals surface area contributed by atoms with Crippen molar-refractivity contribution in [3.63, 3.8) is 0 Å². The summed E-state index contributed by atoms with van der Waals surface area (Å²) in [6.07, 6.45) is -0.146. The monoisotopic (exact) mass is 390 g/mol. The smallest absolute Gasteiger partial charge is 0.238 e. The van der Waals surface area contributed by atoms with Crippen molar-refractivity contribution in [2.45, 2.75) is 6.10 Å². The van der Waals surface area contributed by atoms with E-state index in [9.17, 15) is 4.79 Å². The molecule has 0 radical (unpaired) electrons. The quantitative estimate of drug-likeness (QED) is 0.846. The van der Waals surface area contributed by atoms with Crippen LogP contribution in [-0.4, -0.2) is 50.4 Å². The number of para-hydroxylation sites is 2. The van der Waals surface area contributed by atoms with Crippen LogP contribution in [-0.2, 0) is 4.79 Å². The van der Waals surface area contributed by atoms with Gasteiger partial charge in [0.1, 0.15) is 12.7 Å². The van der Waals surface area contributed by atoms with Gasteiger partial charge in [0.25, 0.3) is 0 Å². The van der Waals surface area contributed by atoms with Crippen LogP contribution in [0.5, 0.6) is 23.0 Å². The minimum absolute atomic E-state index is 0.146. The number of carbonyl (C=O) groups is 1. The van der Waals surface area contributed by atoms with Crippen molar-refractivity contribution in [3.05, 3.63) is 41.4 Å². The van der Waals surface area contributed by atoms with Crippen molar-refractivity contribution >= 4 is 23.2 Å². The van der Waals surface area contributed by atoms with Crippen LogP contribution in [0.25, 0.3) is 0 Å². The van der Waals surface area contributed by atoms with Gasteiger partial charge in [-0.05, 0) is 19.2 Å². The molecule has 2 aliphatic heterocycles. The summed E-state index contributed by atoms with van der Waals surface area (Å²) >= 11 is 6.19. The molecule has 8 heteroatoms. The number of hydrogen-bond acceptors (Lipinski definition) is 6. The summed E-state index contributed by atoms with van der Waals surface area (Å²) in [7, 11) is 1.85. The maximum atomic E-state index is 12.4. The van der Waals surface area contributed by atoms with Gasteiger partial charge in [-0.25, -0.2) is 0 Å². The Morgan fingerprint density at radius 3 is 2.70 bits per heavy atom. The van der Waals surface area contributed by atoms with Crippen LogP contribution in [0.1, 0.15) is 0 Å². The summed E-state index contributed by atoms with van der Waals surface area (Å²) in [4.78, 5) is 14.2. The van der Waals surface area contributed by atoms with E-state index < -0.39 is 0 Å². The molecule has 1 atom stereocenters. The van der Waals surface area contributed by atoms with E-state index in [4.69, 9.17) is 30.5 Å². The molecule has 0 aromatic heterocycles. The van der Waals surface area contributed by atoms with E-state index >= 15 is 0 Å². The molecule has 0 saturated carbocycles. The van der Waals surface area contributed by atoms with Crippen LogP contribution < -0.4 is 24.3 Å². The van der Waals surface area contributed by atoms with Crippen molar-refractivity contribution in [1.82, 2.24) is 4.90 Å². The maximum Gasteiger partial charge on any atom is 0.238 e. The van der Waals surface area contributed by atoms with Crippen LogP contribution >= 0.6 is 11.6 Å². The third-order valence-electron chi connectivity index (χ3n) is 4.23. The lowest BCUT2D eigenvalue weighted by molar-refractivity contribution is -0.117. The Balaban J connectivity index is 1.31. The second kappa shape index (κ2) is 7.54. The fourth-order valence-electron chi connectivity index (χ4n) is 3.01. The predicted molar refractivity (Wildman–Crippen MR) is 100 cm³/mol. The highest BCUT2D eigenvalue weighted by atomic mass is 35.5. The van der Waals surface area contributed by atoms with Gasteiger partial charge in [0, 0.05) is 18.7 Å². The molecule has 2 aliphatic rings. The standard InChI is InChI=1S/C19H19ClN2O5/c1-22(8-12-10-24-15-4-2-3-5-16(15)27-12)9-19(23)21-14-7-18-17(6-13(14)20)25-11-26-18/h2-7,12H,8-11H2,1H3,(H,21,23). The van der Waals surface area contributed by atoms with Gasteiger partial charge in [0.05, 0.1) is 17.3 Å². The number of carbonyl (C=O) groups excluding carboxylic acids is 1. The zero-order chi connectivity index (χ0) is 18.8. The summed E-state index contributed by atoms with van der Waals surface area (Å²) in [6, 6.07) is 10.8. The van der Waals surface area contributed by atoms with Gasteiger partial charge in [-0.15, -0.1) is 0 Å². The first-order valence-electron chi connectivity index (χ1n) is 8.54. The molecule has 1 unspecified atom stereocenters. The number of ether oxygens (including phenoxy) is 4. The number of benzene rings is 2. The Bertz CT molecular complexity index is 860. The summed E-state index contributed by atoms with van der Waals surface area (Å²) < 4.78 is 22.2. The van der Waals surface area contributed by atoms with Crippen molar-refractivity contribution in [1.29, 1.82) is 0 Å². The van der Waals surface area contributed by atoms with Gasteiger partial charge in [-0.1, -0.05) is 23.7 Å². The Kier molecular flexibility index (Phi) is 4.96. The van der Waals surface area contributed by atoms with Crippen molar-refractivity contribution < 1.29 is 23.7 Å². The third kappa shape index (κ3) is 4.04. The lowest BCUT2D eigenvalue weighted by Crippen LogP contribution is -2.42. The first kappa shape index (κ1) is 17.8. The lowest BCUT2D eigenvalue weighted by Gasteiger charge is -2.29. The fraction of sp³-hybridized carbons (Fsp3) is 0.316. The molecule has 27 heavy (non-hydrogen) atoms.